The molecule has 0 radical (unpaired) electrons. The van der Waals surface area contributed by atoms with Gasteiger partial charge in [-0.25, -0.2) is 9.78 Å². The third kappa shape index (κ3) is 3.27. The van der Waals surface area contributed by atoms with E-state index in [9.17, 15) is 9.59 Å². The van der Waals surface area contributed by atoms with Crippen LogP contribution < -0.4 is 15.7 Å². The van der Waals surface area contributed by atoms with Gasteiger partial charge < -0.3 is 14.5 Å². The Kier molecular flexibility index (Phi) is 4.29. The number of benzene rings is 1. The van der Waals surface area contributed by atoms with Crippen LogP contribution in [-0.2, 0) is 0 Å². The number of hydrogen-bond acceptors (Lipinski definition) is 5. The SMILES string of the molecule is CCOc1ccc2c(C(=O)Nc3ccc(C)cn3)cc(=O)oc2c1. The van der Waals surface area contributed by atoms with E-state index in [2.05, 4.69) is 10.3 Å². The number of pyridine rings is 1. The quantitative estimate of drug-likeness (QED) is 0.746. The Morgan fingerprint density at radius 3 is 2.79 bits per heavy atom. The van der Waals surface area contributed by atoms with Crippen molar-refractivity contribution in [2.75, 3.05) is 11.9 Å². The van der Waals surface area contributed by atoms with Gasteiger partial charge in [-0.05, 0) is 37.6 Å². The number of nitrogens with zero attached hydrogens (tertiary/aromatic N) is 1. The van der Waals surface area contributed by atoms with Crippen LogP contribution in [-0.4, -0.2) is 17.5 Å². The van der Waals surface area contributed by atoms with Gasteiger partial charge >= 0.3 is 5.63 Å². The maximum Gasteiger partial charge on any atom is 0.337 e. The van der Waals surface area contributed by atoms with Crippen molar-refractivity contribution in [2.24, 2.45) is 0 Å². The number of carbonyl (C=O) groups excluding carboxylic acids is 1. The summed E-state index contributed by atoms with van der Waals surface area (Å²) >= 11 is 0. The van der Waals surface area contributed by atoms with Crippen molar-refractivity contribution >= 4 is 22.7 Å². The molecule has 3 rings (SSSR count). The first-order chi connectivity index (χ1) is 11.6. The lowest BCUT2D eigenvalue weighted by molar-refractivity contribution is 0.102. The average molecular weight is 324 g/mol. The van der Waals surface area contributed by atoms with Gasteiger partial charge in [0.25, 0.3) is 5.91 Å². The topological polar surface area (TPSA) is 81.4 Å². The molecule has 3 aromatic rings. The zero-order chi connectivity index (χ0) is 17.1. The summed E-state index contributed by atoms with van der Waals surface area (Å²) in [6, 6.07) is 9.74. The Morgan fingerprint density at radius 2 is 2.08 bits per heavy atom. The fraction of sp³-hybridized carbons (Fsp3) is 0.167. The first-order valence-electron chi connectivity index (χ1n) is 7.51. The molecule has 0 unspecified atom stereocenters. The molecule has 6 nitrogen and oxygen atoms in total. The normalized spacial score (nSPS) is 10.6. The number of carbonyl (C=O) groups is 1. The zero-order valence-corrected chi connectivity index (χ0v) is 13.3. The van der Waals surface area contributed by atoms with Crippen LogP contribution in [0.1, 0.15) is 22.8 Å². The van der Waals surface area contributed by atoms with Crippen LogP contribution in [0.5, 0.6) is 5.75 Å². The molecule has 0 aliphatic carbocycles. The van der Waals surface area contributed by atoms with Crippen molar-refractivity contribution in [1.82, 2.24) is 4.98 Å². The molecule has 2 aromatic heterocycles. The smallest absolute Gasteiger partial charge is 0.337 e. The molecule has 0 spiro atoms. The first kappa shape index (κ1) is 15.7. The number of aryl methyl sites for hydroxylation is 1. The summed E-state index contributed by atoms with van der Waals surface area (Å²) in [7, 11) is 0. The molecule has 0 atom stereocenters. The molecule has 6 heteroatoms. The van der Waals surface area contributed by atoms with Crippen LogP contribution in [0.15, 0.2) is 51.8 Å². The summed E-state index contributed by atoms with van der Waals surface area (Å²) in [5, 5.41) is 3.21. The van der Waals surface area contributed by atoms with Gasteiger partial charge in [-0.1, -0.05) is 6.07 Å². The van der Waals surface area contributed by atoms with Crippen molar-refractivity contribution in [2.45, 2.75) is 13.8 Å². The minimum atomic E-state index is -0.599. The maximum atomic E-state index is 12.5. The predicted molar refractivity (Wildman–Crippen MR) is 90.6 cm³/mol. The number of ether oxygens (including phenoxy) is 1. The minimum Gasteiger partial charge on any atom is -0.494 e. The molecule has 0 fully saturated rings. The molecule has 2 heterocycles. The number of anilines is 1. The van der Waals surface area contributed by atoms with Gasteiger partial charge in [0.15, 0.2) is 0 Å². The Bertz CT molecular complexity index is 945. The second kappa shape index (κ2) is 6.54. The van der Waals surface area contributed by atoms with E-state index >= 15 is 0 Å². The van der Waals surface area contributed by atoms with Gasteiger partial charge in [-0.2, -0.15) is 0 Å². The maximum absolute atomic E-state index is 12.5. The summed E-state index contributed by atoms with van der Waals surface area (Å²) in [4.78, 5) is 28.4. The number of fused-ring (bicyclic) bond motifs is 1. The van der Waals surface area contributed by atoms with Gasteiger partial charge in [-0.3, -0.25) is 4.79 Å². The van der Waals surface area contributed by atoms with E-state index in [1.165, 1.54) is 6.07 Å². The standard InChI is InChI=1S/C18H16N2O4/c1-3-23-12-5-6-13-14(9-17(21)24-15(13)8-12)18(22)20-16-7-4-11(2)10-19-16/h4-10H,3H2,1-2H3,(H,19,20,22). The molecule has 1 aromatic carbocycles. The van der Waals surface area contributed by atoms with E-state index < -0.39 is 11.5 Å². The van der Waals surface area contributed by atoms with Crippen LogP contribution in [0.4, 0.5) is 5.82 Å². The van der Waals surface area contributed by atoms with E-state index in [1.54, 1.807) is 30.5 Å². The van der Waals surface area contributed by atoms with E-state index in [0.29, 0.717) is 29.1 Å². The number of nitrogens with one attached hydrogen (secondary N) is 1. The molecule has 0 bridgehead atoms. The predicted octanol–water partition coefficient (Wildman–Crippen LogP) is 3.15. The number of hydrogen-bond donors (Lipinski definition) is 1. The number of aromatic nitrogens is 1. The van der Waals surface area contributed by atoms with E-state index in [-0.39, 0.29) is 5.56 Å². The van der Waals surface area contributed by atoms with Gasteiger partial charge in [0.2, 0.25) is 0 Å². The largest absolute Gasteiger partial charge is 0.494 e. The van der Waals surface area contributed by atoms with Gasteiger partial charge in [0.05, 0.1) is 12.2 Å². The second-order valence-corrected chi connectivity index (χ2v) is 5.25. The third-order valence-corrected chi connectivity index (χ3v) is 3.42. The van der Waals surface area contributed by atoms with Crippen molar-refractivity contribution in [3.05, 3.63) is 64.1 Å². The highest BCUT2D eigenvalue weighted by Gasteiger charge is 2.14. The van der Waals surface area contributed by atoms with Crippen LogP contribution >= 0.6 is 0 Å². The van der Waals surface area contributed by atoms with Crippen LogP contribution in [0.25, 0.3) is 11.0 Å². The lowest BCUT2D eigenvalue weighted by atomic mass is 10.1. The van der Waals surface area contributed by atoms with E-state index in [4.69, 9.17) is 9.15 Å². The van der Waals surface area contributed by atoms with Crippen molar-refractivity contribution in [3.63, 3.8) is 0 Å². The summed E-state index contributed by atoms with van der Waals surface area (Å²) in [5.41, 5.74) is 0.919. The molecule has 0 aliphatic rings. The monoisotopic (exact) mass is 324 g/mol. The van der Waals surface area contributed by atoms with E-state index in [1.807, 2.05) is 19.9 Å². The highest BCUT2D eigenvalue weighted by atomic mass is 16.5. The lowest BCUT2D eigenvalue weighted by Crippen LogP contribution is -2.16. The second-order valence-electron chi connectivity index (χ2n) is 5.25. The highest BCUT2D eigenvalue weighted by molar-refractivity contribution is 6.11. The van der Waals surface area contributed by atoms with Crippen molar-refractivity contribution < 1.29 is 13.9 Å². The van der Waals surface area contributed by atoms with Crippen molar-refractivity contribution in [1.29, 1.82) is 0 Å². The molecule has 1 amide bonds. The fourth-order valence-corrected chi connectivity index (χ4v) is 2.31. The summed E-state index contributed by atoms with van der Waals surface area (Å²) in [6.45, 7) is 4.26. The molecule has 0 aliphatic heterocycles. The molecule has 122 valence electrons. The van der Waals surface area contributed by atoms with Crippen molar-refractivity contribution in [3.8, 4) is 5.75 Å². The Balaban J connectivity index is 1.99. The van der Waals surface area contributed by atoms with Gasteiger partial charge in [0, 0.05) is 23.7 Å². The summed E-state index contributed by atoms with van der Waals surface area (Å²) in [5.74, 6) is 0.567. The van der Waals surface area contributed by atoms with Crippen LogP contribution in [0.2, 0.25) is 0 Å². The summed E-state index contributed by atoms with van der Waals surface area (Å²) in [6.07, 6.45) is 1.65. The van der Waals surface area contributed by atoms with E-state index in [0.717, 1.165) is 5.56 Å². The van der Waals surface area contributed by atoms with Crippen LogP contribution in [0, 0.1) is 6.92 Å². The lowest BCUT2D eigenvalue weighted by Gasteiger charge is -2.08. The Labute approximate surface area is 138 Å². The van der Waals surface area contributed by atoms with Gasteiger partial charge in [-0.15, -0.1) is 0 Å². The van der Waals surface area contributed by atoms with Crippen LogP contribution in [0.3, 0.4) is 0 Å². The fourth-order valence-electron chi connectivity index (χ4n) is 2.31. The molecular formula is C18H16N2O4. The molecule has 24 heavy (non-hydrogen) atoms. The molecule has 0 saturated carbocycles. The minimum absolute atomic E-state index is 0.228. The molecule has 1 N–H and O–H groups in total. The molecule has 0 saturated heterocycles. The highest BCUT2D eigenvalue weighted by Crippen LogP contribution is 2.23. The van der Waals surface area contributed by atoms with Gasteiger partial charge in [0.1, 0.15) is 17.2 Å². The average Bonchev–Trinajstić information content (AvgIpc) is 2.56. The first-order valence-corrected chi connectivity index (χ1v) is 7.51. The zero-order valence-electron chi connectivity index (χ0n) is 13.3. The number of amides is 1. The summed E-state index contributed by atoms with van der Waals surface area (Å²) < 4.78 is 10.6. The Hall–Kier alpha value is -3.15. The Morgan fingerprint density at radius 1 is 1.25 bits per heavy atom. The molecular weight excluding hydrogens is 308 g/mol. The third-order valence-electron chi connectivity index (χ3n) is 3.42. The number of rotatable bonds is 4.